The van der Waals surface area contributed by atoms with E-state index in [-0.39, 0.29) is 11.9 Å². The molecule has 0 spiro atoms. The van der Waals surface area contributed by atoms with Gasteiger partial charge >= 0.3 is 6.03 Å². The minimum Gasteiger partial charge on any atom is -0.306 e. The summed E-state index contributed by atoms with van der Waals surface area (Å²) in [7, 11) is 0. The fourth-order valence-electron chi connectivity index (χ4n) is 2.95. The fraction of sp³-hybridized carbons (Fsp3) is 0.263. The average molecular weight is 323 g/mol. The molecule has 3 rings (SSSR count). The van der Waals surface area contributed by atoms with Crippen LogP contribution in [-0.4, -0.2) is 35.0 Å². The van der Waals surface area contributed by atoms with Gasteiger partial charge in [-0.3, -0.25) is 9.80 Å². The summed E-state index contributed by atoms with van der Waals surface area (Å²) in [6.45, 7) is 4.77. The van der Waals surface area contributed by atoms with E-state index in [9.17, 15) is 9.59 Å². The number of anilines is 1. The second-order valence-corrected chi connectivity index (χ2v) is 5.78. The van der Waals surface area contributed by atoms with Crippen LogP contribution in [0.2, 0.25) is 0 Å². The van der Waals surface area contributed by atoms with Gasteiger partial charge in [0, 0.05) is 24.9 Å². The number of hydrogen-bond acceptors (Lipinski definition) is 2. The van der Waals surface area contributed by atoms with E-state index in [1.54, 1.807) is 11.1 Å². The Hall–Kier alpha value is -2.82. The van der Waals surface area contributed by atoms with Crippen molar-refractivity contribution in [3.8, 4) is 0 Å². The monoisotopic (exact) mass is 323 g/mol. The lowest BCUT2D eigenvalue weighted by Crippen LogP contribution is -2.46. The molecule has 0 aliphatic carbocycles. The van der Waals surface area contributed by atoms with E-state index in [0.717, 1.165) is 22.9 Å². The van der Waals surface area contributed by atoms with Gasteiger partial charge in [0.1, 0.15) is 0 Å². The Morgan fingerprint density at radius 3 is 2.67 bits per heavy atom. The molecule has 5 heteroatoms. The molecule has 0 aromatic heterocycles. The van der Waals surface area contributed by atoms with Gasteiger partial charge in [-0.05, 0) is 24.3 Å². The summed E-state index contributed by atoms with van der Waals surface area (Å²) in [6.07, 6.45) is 3.51. The Morgan fingerprint density at radius 1 is 1.08 bits per heavy atom. The molecule has 0 atom stereocenters. The molecule has 1 heterocycles. The van der Waals surface area contributed by atoms with E-state index in [0.29, 0.717) is 25.9 Å². The lowest BCUT2D eigenvalue weighted by atomic mass is 10.1. The number of nitrogens with zero attached hydrogens (tertiary/aromatic N) is 2. The first kappa shape index (κ1) is 16.1. The van der Waals surface area contributed by atoms with Crippen LogP contribution in [0.15, 0.2) is 55.1 Å². The first-order valence-electron chi connectivity index (χ1n) is 8.18. The molecule has 2 aromatic rings. The van der Waals surface area contributed by atoms with E-state index < -0.39 is 0 Å². The Balaban J connectivity index is 1.76. The molecule has 1 saturated heterocycles. The number of urea groups is 1. The maximum absolute atomic E-state index is 12.6. The number of fused-ring (bicyclic) bond motifs is 1. The van der Waals surface area contributed by atoms with E-state index in [1.807, 2.05) is 42.5 Å². The Labute approximate surface area is 141 Å². The maximum atomic E-state index is 12.6. The molecule has 1 N–H and O–H groups in total. The van der Waals surface area contributed by atoms with Crippen molar-refractivity contribution in [3.63, 3.8) is 0 Å². The van der Waals surface area contributed by atoms with Crippen molar-refractivity contribution in [3.05, 3.63) is 55.1 Å². The van der Waals surface area contributed by atoms with Crippen molar-refractivity contribution in [1.82, 2.24) is 10.0 Å². The molecular weight excluding hydrogens is 302 g/mol. The second-order valence-electron chi connectivity index (χ2n) is 5.78. The first-order valence-corrected chi connectivity index (χ1v) is 8.18. The molecule has 1 aliphatic heterocycles. The summed E-state index contributed by atoms with van der Waals surface area (Å²) < 4.78 is 0. The summed E-state index contributed by atoms with van der Waals surface area (Å²) in [4.78, 5) is 24.9. The summed E-state index contributed by atoms with van der Waals surface area (Å²) >= 11 is 0. The number of hydrogen-bond donors (Lipinski definition) is 1. The van der Waals surface area contributed by atoms with Crippen LogP contribution in [0, 0.1) is 0 Å². The molecule has 1 aliphatic rings. The molecule has 0 unspecified atom stereocenters. The van der Waals surface area contributed by atoms with Gasteiger partial charge in [0.15, 0.2) is 0 Å². The standard InChI is InChI=1S/C19H21N3O2/c1-2-3-12-18(23)21-13-7-14-22(21)19(24)20-17-11-6-9-15-8-4-5-10-16(15)17/h2,4-6,8-11H,1,3,7,12-14H2,(H,20,24). The number of benzene rings is 2. The number of allylic oxidation sites excluding steroid dienone is 1. The van der Waals surface area contributed by atoms with Gasteiger partial charge in [0.25, 0.3) is 0 Å². The number of carbonyl (C=O) groups excluding carboxylic acids is 2. The van der Waals surface area contributed by atoms with Gasteiger partial charge in [-0.15, -0.1) is 6.58 Å². The van der Waals surface area contributed by atoms with Crippen LogP contribution in [0.3, 0.4) is 0 Å². The zero-order chi connectivity index (χ0) is 16.9. The lowest BCUT2D eigenvalue weighted by molar-refractivity contribution is -0.139. The van der Waals surface area contributed by atoms with Crippen LogP contribution in [0.4, 0.5) is 10.5 Å². The third-order valence-electron chi connectivity index (χ3n) is 4.15. The Kier molecular flexibility index (Phi) is 4.79. The minimum atomic E-state index is -0.268. The molecule has 124 valence electrons. The van der Waals surface area contributed by atoms with Crippen LogP contribution in [0.5, 0.6) is 0 Å². The SMILES string of the molecule is C=CCCC(=O)N1CCCN1C(=O)Nc1cccc2ccccc12. The summed E-state index contributed by atoms with van der Waals surface area (Å²) in [5.41, 5.74) is 0.753. The summed E-state index contributed by atoms with van der Waals surface area (Å²) in [5.74, 6) is -0.0412. The molecule has 5 nitrogen and oxygen atoms in total. The van der Waals surface area contributed by atoms with Gasteiger partial charge < -0.3 is 5.32 Å². The van der Waals surface area contributed by atoms with Crippen LogP contribution in [0.25, 0.3) is 10.8 Å². The third-order valence-corrected chi connectivity index (χ3v) is 4.15. The Morgan fingerprint density at radius 2 is 1.83 bits per heavy atom. The molecule has 1 fully saturated rings. The zero-order valence-electron chi connectivity index (χ0n) is 13.6. The van der Waals surface area contributed by atoms with Crippen LogP contribution in [0.1, 0.15) is 19.3 Å². The number of carbonyl (C=O) groups is 2. The van der Waals surface area contributed by atoms with Gasteiger partial charge in [-0.2, -0.15) is 0 Å². The highest BCUT2D eigenvalue weighted by Crippen LogP contribution is 2.24. The maximum Gasteiger partial charge on any atom is 0.340 e. The van der Waals surface area contributed by atoms with E-state index in [4.69, 9.17) is 0 Å². The van der Waals surface area contributed by atoms with Crippen LogP contribution >= 0.6 is 0 Å². The van der Waals surface area contributed by atoms with Gasteiger partial charge in [0.2, 0.25) is 5.91 Å². The number of amides is 3. The lowest BCUT2D eigenvalue weighted by Gasteiger charge is -2.28. The molecule has 0 bridgehead atoms. The highest BCUT2D eigenvalue weighted by Gasteiger charge is 2.30. The third kappa shape index (κ3) is 3.25. The quantitative estimate of drug-likeness (QED) is 0.870. The normalized spacial score (nSPS) is 14.0. The fourth-order valence-corrected chi connectivity index (χ4v) is 2.95. The van der Waals surface area contributed by atoms with Gasteiger partial charge in [0.05, 0.1) is 5.69 Å². The van der Waals surface area contributed by atoms with Crippen LogP contribution in [-0.2, 0) is 4.79 Å². The molecule has 0 saturated carbocycles. The molecule has 2 aromatic carbocycles. The largest absolute Gasteiger partial charge is 0.340 e. The highest BCUT2D eigenvalue weighted by molar-refractivity contribution is 6.01. The van der Waals surface area contributed by atoms with Gasteiger partial charge in [-0.1, -0.05) is 42.5 Å². The molecule has 0 radical (unpaired) electrons. The highest BCUT2D eigenvalue weighted by atomic mass is 16.2. The van der Waals surface area contributed by atoms with E-state index in [2.05, 4.69) is 11.9 Å². The molecule has 24 heavy (non-hydrogen) atoms. The smallest absolute Gasteiger partial charge is 0.306 e. The second kappa shape index (κ2) is 7.17. The van der Waals surface area contributed by atoms with Crippen molar-refractivity contribution in [2.24, 2.45) is 0 Å². The van der Waals surface area contributed by atoms with Crippen molar-refractivity contribution >= 4 is 28.4 Å². The summed E-state index contributed by atoms with van der Waals surface area (Å²) in [6, 6.07) is 13.4. The van der Waals surface area contributed by atoms with E-state index >= 15 is 0 Å². The van der Waals surface area contributed by atoms with Crippen molar-refractivity contribution in [1.29, 1.82) is 0 Å². The predicted octanol–water partition coefficient (Wildman–Crippen LogP) is 3.79. The van der Waals surface area contributed by atoms with Crippen molar-refractivity contribution < 1.29 is 9.59 Å². The Bertz CT molecular complexity index is 767. The van der Waals surface area contributed by atoms with Crippen molar-refractivity contribution in [2.75, 3.05) is 18.4 Å². The number of nitrogens with one attached hydrogen (secondary N) is 1. The molecule has 3 amide bonds. The van der Waals surface area contributed by atoms with E-state index in [1.165, 1.54) is 5.01 Å². The van der Waals surface area contributed by atoms with Crippen molar-refractivity contribution in [2.45, 2.75) is 19.3 Å². The molecular formula is C19H21N3O2. The number of rotatable bonds is 4. The first-order chi connectivity index (χ1) is 11.7. The predicted molar refractivity (Wildman–Crippen MR) is 95.4 cm³/mol. The van der Waals surface area contributed by atoms with Gasteiger partial charge in [-0.25, -0.2) is 9.80 Å². The number of hydrazine groups is 1. The topological polar surface area (TPSA) is 52.7 Å². The zero-order valence-corrected chi connectivity index (χ0v) is 13.6. The average Bonchev–Trinajstić information content (AvgIpc) is 3.10. The minimum absolute atomic E-state index is 0.0412. The van der Waals surface area contributed by atoms with Crippen LogP contribution < -0.4 is 5.32 Å². The summed E-state index contributed by atoms with van der Waals surface area (Å²) in [5, 5.41) is 8.04.